The number of anilines is 2. The summed E-state index contributed by atoms with van der Waals surface area (Å²) in [5.74, 6) is -0.307. The molecule has 148 valence electrons. The predicted octanol–water partition coefficient (Wildman–Crippen LogP) is 3.96. The van der Waals surface area contributed by atoms with Crippen molar-refractivity contribution in [2.45, 2.75) is 31.2 Å². The average molecular weight is 407 g/mol. The van der Waals surface area contributed by atoms with Crippen LogP contribution in [-0.2, 0) is 9.59 Å². The third-order valence-corrected chi connectivity index (χ3v) is 5.97. The zero-order chi connectivity index (χ0) is 20.5. The molecule has 2 aromatic carbocycles. The molecule has 0 spiro atoms. The molecule has 6 nitrogen and oxygen atoms in total. The van der Waals surface area contributed by atoms with E-state index in [0.29, 0.717) is 5.69 Å². The lowest BCUT2D eigenvalue weighted by molar-refractivity contribution is -0.121. The summed E-state index contributed by atoms with van der Waals surface area (Å²) >= 11 is 1.39. The number of amides is 2. The van der Waals surface area contributed by atoms with Gasteiger partial charge in [-0.1, -0.05) is 36.0 Å². The topological polar surface area (TPSA) is 67.2 Å². The summed E-state index contributed by atoms with van der Waals surface area (Å²) in [6.07, 6.45) is 3.65. The summed E-state index contributed by atoms with van der Waals surface area (Å²) in [7, 11) is 0. The summed E-state index contributed by atoms with van der Waals surface area (Å²) in [5, 5.41) is 3.16. The van der Waals surface area contributed by atoms with Crippen molar-refractivity contribution >= 4 is 35.0 Å². The summed E-state index contributed by atoms with van der Waals surface area (Å²) in [6, 6.07) is 13.6. The van der Waals surface area contributed by atoms with Gasteiger partial charge >= 0.3 is 0 Å². The van der Waals surface area contributed by atoms with Crippen LogP contribution < -0.4 is 10.2 Å². The number of hydrogen-bond acceptors (Lipinski definition) is 4. The van der Waals surface area contributed by atoms with Gasteiger partial charge in [0.2, 0.25) is 11.8 Å². The van der Waals surface area contributed by atoms with Gasteiger partial charge in [0.1, 0.15) is 6.54 Å². The fourth-order valence-corrected chi connectivity index (χ4v) is 4.34. The molecule has 0 saturated heterocycles. The van der Waals surface area contributed by atoms with Crippen molar-refractivity contribution < 1.29 is 9.59 Å². The maximum atomic E-state index is 13.2. The number of aryl methyl sites for hydroxylation is 2. The standard InChI is InChI=1S/C22H22N4O2S/c1-14-8-9-15(2)19(12-14)25-11-10-23-22(25)29-16(3)21(28)26-13-20(27)24-17-6-4-5-7-18(17)26/h4-12,16H,13H2,1-3H3,(H,24,27). The zero-order valence-corrected chi connectivity index (χ0v) is 17.4. The molecule has 1 aliphatic heterocycles. The van der Waals surface area contributed by atoms with Crippen molar-refractivity contribution in [1.29, 1.82) is 0 Å². The smallest absolute Gasteiger partial charge is 0.244 e. The lowest BCUT2D eigenvalue weighted by Crippen LogP contribution is -2.45. The average Bonchev–Trinajstić information content (AvgIpc) is 3.16. The van der Waals surface area contributed by atoms with Crippen molar-refractivity contribution in [1.82, 2.24) is 9.55 Å². The number of aromatic nitrogens is 2. The fraction of sp³-hybridized carbons (Fsp3) is 0.227. The number of thioether (sulfide) groups is 1. The van der Waals surface area contributed by atoms with Crippen LogP contribution in [0.15, 0.2) is 60.0 Å². The number of hydrogen-bond donors (Lipinski definition) is 1. The molecule has 3 aromatic rings. The van der Waals surface area contributed by atoms with E-state index in [1.807, 2.05) is 35.9 Å². The molecule has 0 aliphatic carbocycles. The van der Waals surface area contributed by atoms with Crippen molar-refractivity contribution in [3.63, 3.8) is 0 Å². The van der Waals surface area contributed by atoms with Crippen molar-refractivity contribution in [2.75, 3.05) is 16.8 Å². The van der Waals surface area contributed by atoms with Crippen LogP contribution in [0.25, 0.3) is 5.69 Å². The van der Waals surface area contributed by atoms with E-state index < -0.39 is 5.25 Å². The highest BCUT2D eigenvalue weighted by Gasteiger charge is 2.30. The Hall–Kier alpha value is -3.06. The van der Waals surface area contributed by atoms with E-state index >= 15 is 0 Å². The first kappa shape index (κ1) is 19.3. The zero-order valence-electron chi connectivity index (χ0n) is 16.5. The number of para-hydroxylation sites is 2. The molecule has 1 N–H and O–H groups in total. The van der Waals surface area contributed by atoms with Crippen molar-refractivity contribution in [3.05, 3.63) is 66.0 Å². The quantitative estimate of drug-likeness (QED) is 0.666. The minimum Gasteiger partial charge on any atom is -0.323 e. The van der Waals surface area contributed by atoms with Crippen molar-refractivity contribution in [2.24, 2.45) is 0 Å². The first-order chi connectivity index (χ1) is 13.9. The van der Waals surface area contributed by atoms with E-state index in [1.165, 1.54) is 11.8 Å². The van der Waals surface area contributed by atoms with E-state index in [0.717, 1.165) is 27.7 Å². The minimum absolute atomic E-state index is 0.0200. The van der Waals surface area contributed by atoms with Crippen LogP contribution in [0, 0.1) is 13.8 Å². The molecule has 1 aromatic heterocycles. The molecule has 0 radical (unpaired) electrons. The Bertz CT molecular complexity index is 1090. The Labute approximate surface area is 173 Å². The van der Waals surface area contributed by atoms with Gasteiger partial charge in [-0.25, -0.2) is 4.98 Å². The maximum absolute atomic E-state index is 13.2. The molecule has 2 amide bonds. The first-order valence-electron chi connectivity index (χ1n) is 9.42. The van der Waals surface area contributed by atoms with Crippen LogP contribution >= 0.6 is 11.8 Å². The molecule has 2 heterocycles. The Morgan fingerprint density at radius 3 is 2.79 bits per heavy atom. The fourth-order valence-electron chi connectivity index (χ4n) is 3.40. The molecular weight excluding hydrogens is 384 g/mol. The van der Waals surface area contributed by atoms with E-state index in [-0.39, 0.29) is 18.4 Å². The van der Waals surface area contributed by atoms with Gasteiger partial charge in [0.15, 0.2) is 5.16 Å². The van der Waals surface area contributed by atoms with Crippen LogP contribution in [0.3, 0.4) is 0 Å². The van der Waals surface area contributed by atoms with Gasteiger partial charge < -0.3 is 5.32 Å². The molecule has 1 unspecified atom stereocenters. The summed E-state index contributed by atoms with van der Waals surface area (Å²) in [5.41, 5.74) is 4.73. The number of benzene rings is 2. The van der Waals surface area contributed by atoms with E-state index in [1.54, 1.807) is 17.2 Å². The number of carbonyl (C=O) groups is 2. The lowest BCUT2D eigenvalue weighted by atomic mass is 10.1. The highest BCUT2D eigenvalue weighted by molar-refractivity contribution is 8.00. The molecule has 0 fully saturated rings. The Morgan fingerprint density at radius 1 is 1.17 bits per heavy atom. The molecule has 29 heavy (non-hydrogen) atoms. The van der Waals surface area contributed by atoms with Gasteiger partial charge in [-0.3, -0.25) is 19.1 Å². The summed E-state index contributed by atoms with van der Waals surface area (Å²) in [6.45, 7) is 5.98. The van der Waals surface area contributed by atoms with Crippen LogP contribution in [-0.4, -0.2) is 33.2 Å². The SMILES string of the molecule is Cc1ccc(C)c(-n2ccnc2SC(C)C(=O)N2CC(=O)Nc3ccccc32)c1. The van der Waals surface area contributed by atoms with Crippen LogP contribution in [0.2, 0.25) is 0 Å². The number of rotatable bonds is 4. The number of imidazole rings is 1. The highest BCUT2D eigenvalue weighted by Crippen LogP contribution is 2.32. The van der Waals surface area contributed by atoms with Crippen LogP contribution in [0.4, 0.5) is 11.4 Å². The Morgan fingerprint density at radius 2 is 1.97 bits per heavy atom. The maximum Gasteiger partial charge on any atom is 0.244 e. The molecule has 1 aliphatic rings. The first-order valence-corrected chi connectivity index (χ1v) is 10.3. The Balaban J connectivity index is 1.59. The molecule has 4 rings (SSSR count). The van der Waals surface area contributed by atoms with Crippen LogP contribution in [0.5, 0.6) is 0 Å². The van der Waals surface area contributed by atoms with E-state index in [2.05, 4.69) is 42.3 Å². The number of fused-ring (bicyclic) bond motifs is 1. The largest absolute Gasteiger partial charge is 0.323 e. The van der Waals surface area contributed by atoms with Gasteiger partial charge in [0.05, 0.1) is 22.3 Å². The second-order valence-electron chi connectivity index (χ2n) is 7.12. The third kappa shape index (κ3) is 3.78. The van der Waals surface area contributed by atoms with Crippen molar-refractivity contribution in [3.8, 4) is 5.69 Å². The molecule has 7 heteroatoms. The third-order valence-electron chi connectivity index (χ3n) is 4.90. The second-order valence-corrected chi connectivity index (χ2v) is 8.43. The monoisotopic (exact) mass is 406 g/mol. The van der Waals surface area contributed by atoms with Gasteiger partial charge in [-0.15, -0.1) is 0 Å². The predicted molar refractivity (Wildman–Crippen MR) is 116 cm³/mol. The van der Waals surface area contributed by atoms with E-state index in [4.69, 9.17) is 0 Å². The molecule has 1 atom stereocenters. The van der Waals surface area contributed by atoms with Crippen LogP contribution in [0.1, 0.15) is 18.1 Å². The van der Waals surface area contributed by atoms with Gasteiger partial charge in [-0.05, 0) is 50.1 Å². The number of carbonyl (C=O) groups excluding carboxylic acids is 2. The highest BCUT2D eigenvalue weighted by atomic mass is 32.2. The Kier molecular flexibility index (Phi) is 5.15. The molecular formula is C22H22N4O2S. The number of nitrogens with one attached hydrogen (secondary N) is 1. The summed E-state index contributed by atoms with van der Waals surface area (Å²) in [4.78, 5) is 31.3. The van der Waals surface area contributed by atoms with E-state index in [9.17, 15) is 9.59 Å². The van der Waals surface area contributed by atoms with Gasteiger partial charge in [0.25, 0.3) is 0 Å². The molecule has 0 bridgehead atoms. The minimum atomic E-state index is -0.403. The van der Waals surface area contributed by atoms with Gasteiger partial charge in [0, 0.05) is 12.4 Å². The summed E-state index contributed by atoms with van der Waals surface area (Å²) < 4.78 is 2.01. The second kappa shape index (κ2) is 7.75. The number of nitrogens with zero attached hydrogens (tertiary/aromatic N) is 3. The lowest BCUT2D eigenvalue weighted by Gasteiger charge is -2.30. The molecule has 0 saturated carbocycles. The normalized spacial score (nSPS) is 14.3. The van der Waals surface area contributed by atoms with Gasteiger partial charge in [-0.2, -0.15) is 0 Å².